The molecule has 2 rings (SSSR count). The van der Waals surface area contributed by atoms with Crippen molar-refractivity contribution in [3.05, 3.63) is 17.8 Å². The Balaban J connectivity index is 2.07. The average molecular weight is 364 g/mol. The smallest absolute Gasteiger partial charge is 0.256 e. The first kappa shape index (κ1) is 20.6. The normalized spacial score (nSPS) is 22.8. The molecule has 0 unspecified atom stereocenters. The Morgan fingerprint density at radius 3 is 2.85 bits per heavy atom. The molecule has 1 heterocycles. The second-order valence-corrected chi connectivity index (χ2v) is 7.19. The van der Waals surface area contributed by atoms with Crippen LogP contribution in [0.25, 0.3) is 0 Å². The number of hydrogen-bond donors (Lipinski definition) is 1. The highest BCUT2D eigenvalue weighted by atomic mass is 16.5. The number of carbonyl (C=O) groups excluding carboxylic acids is 1. The minimum Gasteiger partial charge on any atom is -0.475 e. The highest BCUT2D eigenvalue weighted by Crippen LogP contribution is 2.36. The number of rotatable bonds is 9. The van der Waals surface area contributed by atoms with Gasteiger partial charge in [-0.3, -0.25) is 4.79 Å². The summed E-state index contributed by atoms with van der Waals surface area (Å²) < 4.78 is 16.6. The summed E-state index contributed by atoms with van der Waals surface area (Å²) in [6.45, 7) is 7.72. The Bertz CT molecular complexity index is 593. The summed E-state index contributed by atoms with van der Waals surface area (Å²) in [4.78, 5) is 17.4. The van der Waals surface area contributed by atoms with Gasteiger partial charge in [0, 0.05) is 19.3 Å². The van der Waals surface area contributed by atoms with Gasteiger partial charge in [-0.2, -0.15) is 0 Å². The van der Waals surface area contributed by atoms with E-state index >= 15 is 0 Å². The third kappa shape index (κ3) is 5.42. The van der Waals surface area contributed by atoms with Gasteiger partial charge in [0.25, 0.3) is 5.91 Å². The van der Waals surface area contributed by atoms with Crippen LogP contribution in [0.3, 0.4) is 0 Å². The molecule has 146 valence electrons. The second kappa shape index (κ2) is 9.88. The molecule has 0 bridgehead atoms. The predicted octanol–water partition coefficient (Wildman–Crippen LogP) is 3.73. The number of aryl methyl sites for hydroxylation is 1. The van der Waals surface area contributed by atoms with Crippen LogP contribution < -0.4 is 10.1 Å². The largest absolute Gasteiger partial charge is 0.475 e. The highest BCUT2D eigenvalue weighted by molar-refractivity contribution is 5.97. The van der Waals surface area contributed by atoms with Gasteiger partial charge >= 0.3 is 0 Å². The van der Waals surface area contributed by atoms with E-state index in [-0.39, 0.29) is 5.91 Å². The van der Waals surface area contributed by atoms with E-state index in [4.69, 9.17) is 14.2 Å². The zero-order valence-electron chi connectivity index (χ0n) is 16.5. The summed E-state index contributed by atoms with van der Waals surface area (Å²) in [6.07, 6.45) is 6.24. The van der Waals surface area contributed by atoms with Crippen molar-refractivity contribution in [2.75, 3.05) is 32.2 Å². The summed E-state index contributed by atoms with van der Waals surface area (Å²) in [5.74, 6) is 0.984. The van der Waals surface area contributed by atoms with Gasteiger partial charge in [0.1, 0.15) is 12.2 Å². The number of pyridine rings is 1. The van der Waals surface area contributed by atoms with E-state index in [1.165, 1.54) is 0 Å². The van der Waals surface area contributed by atoms with Gasteiger partial charge in [-0.1, -0.05) is 20.3 Å². The molecule has 1 aliphatic carbocycles. The minimum absolute atomic E-state index is 0.0632. The van der Waals surface area contributed by atoms with E-state index < -0.39 is 5.60 Å². The first-order chi connectivity index (χ1) is 12.5. The van der Waals surface area contributed by atoms with Crippen molar-refractivity contribution in [3.8, 4) is 5.88 Å². The molecular formula is C20H32N2O4. The molecule has 0 aromatic carbocycles. The van der Waals surface area contributed by atoms with E-state index in [0.29, 0.717) is 37.3 Å². The number of anilines is 1. The van der Waals surface area contributed by atoms with E-state index in [0.717, 1.165) is 37.7 Å². The van der Waals surface area contributed by atoms with E-state index in [1.54, 1.807) is 13.3 Å². The third-order valence-corrected chi connectivity index (χ3v) is 4.77. The van der Waals surface area contributed by atoms with E-state index in [9.17, 15) is 4.79 Å². The Labute approximate surface area is 156 Å². The van der Waals surface area contributed by atoms with Crippen LogP contribution in [0.4, 0.5) is 5.69 Å². The molecule has 26 heavy (non-hydrogen) atoms. The lowest BCUT2D eigenvalue weighted by Crippen LogP contribution is -2.48. The summed E-state index contributed by atoms with van der Waals surface area (Å²) in [6, 6.07) is 1.88. The van der Waals surface area contributed by atoms with Gasteiger partial charge in [0.2, 0.25) is 5.88 Å². The lowest BCUT2D eigenvalue weighted by molar-refractivity contribution is -0.148. The Morgan fingerprint density at radius 2 is 2.19 bits per heavy atom. The molecule has 0 spiro atoms. The minimum atomic E-state index is -0.727. The fourth-order valence-corrected chi connectivity index (χ4v) is 3.45. The molecule has 1 saturated carbocycles. The monoisotopic (exact) mass is 364 g/mol. The lowest BCUT2D eigenvalue weighted by Gasteiger charge is -2.38. The number of carbonyl (C=O) groups is 1. The van der Waals surface area contributed by atoms with Crippen LogP contribution in [-0.4, -0.2) is 43.4 Å². The average Bonchev–Trinajstić information content (AvgIpc) is 2.62. The van der Waals surface area contributed by atoms with E-state index in [2.05, 4.69) is 24.1 Å². The van der Waals surface area contributed by atoms with Crippen LogP contribution in [0.1, 0.15) is 51.5 Å². The van der Waals surface area contributed by atoms with Gasteiger partial charge in [0.05, 0.1) is 18.5 Å². The molecule has 0 aliphatic heterocycles. The molecule has 2 atom stereocenters. The number of methoxy groups -OCH3 is 1. The van der Waals surface area contributed by atoms with Crippen LogP contribution in [0.2, 0.25) is 0 Å². The zero-order chi connectivity index (χ0) is 19.0. The number of nitrogens with zero attached hydrogens (tertiary/aromatic N) is 1. The van der Waals surface area contributed by atoms with Crippen molar-refractivity contribution < 1.29 is 19.0 Å². The molecule has 6 nitrogen and oxygen atoms in total. The Morgan fingerprint density at radius 1 is 1.38 bits per heavy atom. The standard InChI is InChI=1S/C20H32N2O4/c1-5-9-26-20(8-6-7-15(2)13-20)19(23)22-17-12-16(3)18(21-14-17)25-11-10-24-4/h12,14-15H,5-11,13H2,1-4H3,(H,22,23)/t15-,20+/m1/s1. The van der Waals surface area contributed by atoms with E-state index in [1.807, 2.05) is 13.0 Å². The maximum atomic E-state index is 13.0. The van der Waals surface area contributed by atoms with Crippen molar-refractivity contribution in [2.45, 2.75) is 58.5 Å². The summed E-state index contributed by atoms with van der Waals surface area (Å²) in [7, 11) is 1.63. The molecule has 1 fully saturated rings. The molecule has 0 saturated heterocycles. The molecule has 6 heteroatoms. The van der Waals surface area contributed by atoms with Gasteiger partial charge in [-0.05, 0) is 44.6 Å². The number of hydrogen-bond acceptors (Lipinski definition) is 5. The van der Waals surface area contributed by atoms with Gasteiger partial charge in [0.15, 0.2) is 0 Å². The highest BCUT2D eigenvalue weighted by Gasteiger charge is 2.42. The maximum absolute atomic E-state index is 13.0. The van der Waals surface area contributed by atoms with Gasteiger partial charge < -0.3 is 19.5 Å². The SMILES string of the molecule is CCCO[C@@]1(C(=O)Nc2cnc(OCCOC)c(C)c2)CCC[C@@H](C)C1. The zero-order valence-corrected chi connectivity index (χ0v) is 16.5. The van der Waals surface area contributed by atoms with Gasteiger partial charge in [-0.25, -0.2) is 4.98 Å². The van der Waals surface area contributed by atoms with Crippen LogP contribution >= 0.6 is 0 Å². The Hall–Kier alpha value is -1.66. The van der Waals surface area contributed by atoms with Crippen molar-refractivity contribution in [1.82, 2.24) is 4.98 Å². The third-order valence-electron chi connectivity index (χ3n) is 4.77. The summed E-state index contributed by atoms with van der Waals surface area (Å²) in [5, 5.41) is 3.01. The number of ether oxygens (including phenoxy) is 3. The summed E-state index contributed by atoms with van der Waals surface area (Å²) >= 11 is 0. The first-order valence-electron chi connectivity index (χ1n) is 9.54. The fraction of sp³-hybridized carbons (Fsp3) is 0.700. The van der Waals surface area contributed by atoms with Crippen LogP contribution in [0.5, 0.6) is 5.88 Å². The lowest BCUT2D eigenvalue weighted by atomic mass is 9.78. The van der Waals surface area contributed by atoms with Crippen molar-refractivity contribution >= 4 is 11.6 Å². The molecular weight excluding hydrogens is 332 g/mol. The first-order valence-corrected chi connectivity index (χ1v) is 9.54. The van der Waals surface area contributed by atoms with Crippen LogP contribution in [0, 0.1) is 12.8 Å². The second-order valence-electron chi connectivity index (χ2n) is 7.19. The van der Waals surface area contributed by atoms with Crippen LogP contribution in [0.15, 0.2) is 12.3 Å². The number of nitrogens with one attached hydrogen (secondary N) is 1. The molecule has 1 aromatic heterocycles. The molecule has 1 amide bonds. The molecule has 1 N–H and O–H groups in total. The molecule has 0 radical (unpaired) electrons. The number of amides is 1. The van der Waals surface area contributed by atoms with Crippen molar-refractivity contribution in [1.29, 1.82) is 0 Å². The summed E-state index contributed by atoms with van der Waals surface area (Å²) in [5.41, 5.74) is 0.818. The van der Waals surface area contributed by atoms with Crippen LogP contribution in [-0.2, 0) is 14.3 Å². The molecule has 1 aliphatic rings. The fourth-order valence-electron chi connectivity index (χ4n) is 3.45. The predicted molar refractivity (Wildman–Crippen MR) is 102 cm³/mol. The van der Waals surface area contributed by atoms with Crippen molar-refractivity contribution in [3.63, 3.8) is 0 Å². The van der Waals surface area contributed by atoms with Crippen molar-refractivity contribution in [2.24, 2.45) is 5.92 Å². The Kier molecular flexibility index (Phi) is 7.85. The quantitative estimate of drug-likeness (QED) is 0.676. The van der Waals surface area contributed by atoms with Gasteiger partial charge in [-0.15, -0.1) is 0 Å². The number of aromatic nitrogens is 1. The topological polar surface area (TPSA) is 69.7 Å². The molecule has 1 aromatic rings. The maximum Gasteiger partial charge on any atom is 0.256 e.